The van der Waals surface area contributed by atoms with E-state index in [1.807, 2.05) is 0 Å². The maximum atomic E-state index is 5.48. The molecule has 0 aliphatic heterocycles. The van der Waals surface area contributed by atoms with Gasteiger partial charge in [0.1, 0.15) is 0 Å². The predicted molar refractivity (Wildman–Crippen MR) is 36.1 cm³/mol. The van der Waals surface area contributed by atoms with Crippen molar-refractivity contribution in [3.8, 4) is 0 Å². The van der Waals surface area contributed by atoms with Crippen molar-refractivity contribution >= 4 is 26.8 Å². The third-order valence-electron chi connectivity index (χ3n) is 0.747. The quantitative estimate of drug-likeness (QED) is 0.408. The SMILES string of the molecule is CC(C)[CH2][Al+][CH2]Cl. The maximum absolute atomic E-state index is 5.48. The summed E-state index contributed by atoms with van der Waals surface area (Å²) in [5.41, 5.74) is 0. The molecular formula is C5H11AlCl+. The standard InChI is InChI=1S/C4H9.CH2Cl.Al/c1-4(2)3;1-2;/h4H,1H2,2-3H3;1H2;/q;;+1. The third kappa shape index (κ3) is 6.82. The first-order valence-electron chi connectivity index (χ1n) is 2.65. The Morgan fingerprint density at radius 2 is 2.14 bits per heavy atom. The Morgan fingerprint density at radius 3 is 2.29 bits per heavy atom. The van der Waals surface area contributed by atoms with Crippen LogP contribution in [0.15, 0.2) is 0 Å². The van der Waals surface area contributed by atoms with Gasteiger partial charge in [-0.3, -0.25) is 0 Å². The summed E-state index contributed by atoms with van der Waals surface area (Å²) in [5.74, 6) is 0.855. The van der Waals surface area contributed by atoms with Crippen molar-refractivity contribution in [2.45, 2.75) is 19.1 Å². The second kappa shape index (κ2) is 4.97. The number of rotatable bonds is 3. The molecule has 0 aromatic carbocycles. The molecule has 0 radical (unpaired) electrons. The zero-order valence-electron chi connectivity index (χ0n) is 4.95. The fourth-order valence-electron chi connectivity index (χ4n) is 0.396. The Hall–Kier alpha value is 0.822. The summed E-state index contributed by atoms with van der Waals surface area (Å²) in [4.78, 5) is 0. The number of alkyl halides is 1. The second-order valence-electron chi connectivity index (χ2n) is 2.07. The Morgan fingerprint density at radius 1 is 1.57 bits per heavy atom. The molecule has 0 atom stereocenters. The minimum atomic E-state index is 0.550. The zero-order valence-corrected chi connectivity index (χ0v) is 6.86. The van der Waals surface area contributed by atoms with Crippen molar-refractivity contribution in [2.24, 2.45) is 5.92 Å². The van der Waals surface area contributed by atoms with Gasteiger partial charge in [0.2, 0.25) is 0 Å². The van der Waals surface area contributed by atoms with Gasteiger partial charge < -0.3 is 0 Å². The monoisotopic (exact) mass is 133 g/mol. The van der Waals surface area contributed by atoms with Gasteiger partial charge in [-0.15, -0.1) is 0 Å². The van der Waals surface area contributed by atoms with Crippen LogP contribution in [0.2, 0.25) is 5.28 Å². The van der Waals surface area contributed by atoms with Crippen LogP contribution in [-0.2, 0) is 0 Å². The first kappa shape index (κ1) is 7.82. The van der Waals surface area contributed by atoms with E-state index in [1.54, 1.807) is 0 Å². The van der Waals surface area contributed by atoms with Crippen LogP contribution in [-0.4, -0.2) is 20.0 Å². The van der Waals surface area contributed by atoms with Gasteiger partial charge in [-0.25, -0.2) is 0 Å². The summed E-state index contributed by atoms with van der Waals surface area (Å²) in [6.45, 7) is 4.47. The molecular weight excluding hydrogens is 122 g/mol. The van der Waals surface area contributed by atoms with Crippen molar-refractivity contribution in [3.63, 3.8) is 0 Å². The molecule has 0 bridgehead atoms. The summed E-state index contributed by atoms with van der Waals surface area (Å²) in [6, 6.07) is 0. The molecule has 0 saturated heterocycles. The molecule has 0 spiro atoms. The third-order valence-corrected chi connectivity index (χ3v) is 2.90. The Labute approximate surface area is 57.0 Å². The van der Waals surface area contributed by atoms with Gasteiger partial charge in [0, 0.05) is 0 Å². The number of halogens is 1. The second-order valence-corrected chi connectivity index (χ2v) is 4.36. The molecule has 0 nitrogen and oxygen atoms in total. The van der Waals surface area contributed by atoms with E-state index in [2.05, 4.69) is 13.8 Å². The average molecular weight is 134 g/mol. The molecule has 0 aliphatic carbocycles. The molecule has 0 aliphatic rings. The molecule has 0 N–H and O–H groups in total. The first-order chi connectivity index (χ1) is 3.27. The van der Waals surface area contributed by atoms with Crippen molar-refractivity contribution in [1.29, 1.82) is 0 Å². The molecule has 2 heteroatoms. The number of hydrogen-bond acceptors (Lipinski definition) is 0. The van der Waals surface area contributed by atoms with Crippen LogP contribution < -0.4 is 0 Å². The van der Waals surface area contributed by atoms with Gasteiger partial charge in [-0.1, -0.05) is 0 Å². The molecule has 0 unspecified atom stereocenters. The van der Waals surface area contributed by atoms with Crippen LogP contribution in [0.4, 0.5) is 0 Å². The van der Waals surface area contributed by atoms with Crippen molar-refractivity contribution in [3.05, 3.63) is 0 Å². The van der Waals surface area contributed by atoms with Crippen LogP contribution in [0, 0.1) is 5.92 Å². The summed E-state index contributed by atoms with van der Waals surface area (Å²) in [7, 11) is 0. The minimum absolute atomic E-state index is 0.550. The van der Waals surface area contributed by atoms with Crippen molar-refractivity contribution in [2.75, 3.05) is 4.74 Å². The van der Waals surface area contributed by atoms with Crippen molar-refractivity contribution < 1.29 is 0 Å². The van der Waals surface area contributed by atoms with Crippen LogP contribution in [0.1, 0.15) is 13.8 Å². The van der Waals surface area contributed by atoms with Gasteiger partial charge in [0.05, 0.1) is 0 Å². The van der Waals surface area contributed by atoms with E-state index < -0.39 is 0 Å². The van der Waals surface area contributed by atoms with Crippen molar-refractivity contribution in [1.82, 2.24) is 0 Å². The van der Waals surface area contributed by atoms with Gasteiger partial charge in [0.15, 0.2) is 0 Å². The van der Waals surface area contributed by atoms with E-state index in [0.29, 0.717) is 15.2 Å². The van der Waals surface area contributed by atoms with E-state index in [9.17, 15) is 0 Å². The summed E-state index contributed by atoms with van der Waals surface area (Å²) in [6.07, 6.45) is 0. The predicted octanol–water partition coefficient (Wildman–Crippen LogP) is 1.96. The Bertz CT molecular complexity index is 37.1. The van der Waals surface area contributed by atoms with Crippen LogP contribution in [0.5, 0.6) is 0 Å². The molecule has 0 saturated carbocycles. The molecule has 0 fully saturated rings. The van der Waals surface area contributed by atoms with E-state index >= 15 is 0 Å². The Kier molecular flexibility index (Phi) is 5.55. The fraction of sp³-hybridized carbons (Fsp3) is 1.00. The Balaban J connectivity index is 2.68. The molecule has 0 aromatic heterocycles. The summed E-state index contributed by atoms with van der Waals surface area (Å²) >= 11 is 6.03. The van der Waals surface area contributed by atoms with E-state index in [1.165, 1.54) is 5.28 Å². The van der Waals surface area contributed by atoms with E-state index in [0.717, 1.165) is 10.7 Å². The van der Waals surface area contributed by atoms with Gasteiger partial charge >= 0.3 is 56.6 Å². The average Bonchev–Trinajstić information content (AvgIpc) is 1.61. The molecule has 0 heterocycles. The fourth-order valence-corrected chi connectivity index (χ4v) is 1.57. The number of hydrogen-bond donors (Lipinski definition) is 0. The molecule has 0 rings (SSSR count). The van der Waals surface area contributed by atoms with Gasteiger partial charge in [-0.05, 0) is 0 Å². The van der Waals surface area contributed by atoms with Gasteiger partial charge in [-0.2, -0.15) is 0 Å². The zero-order chi connectivity index (χ0) is 5.70. The van der Waals surface area contributed by atoms with Gasteiger partial charge in [0.25, 0.3) is 0 Å². The molecule has 0 amide bonds. The molecule has 0 aromatic rings. The van der Waals surface area contributed by atoms with Crippen LogP contribution in [0.25, 0.3) is 0 Å². The molecule has 7 heavy (non-hydrogen) atoms. The molecule has 40 valence electrons. The normalized spacial score (nSPS) is 9.14. The first-order valence-corrected chi connectivity index (χ1v) is 4.81. The van der Waals surface area contributed by atoms with E-state index in [4.69, 9.17) is 11.6 Å². The van der Waals surface area contributed by atoms with Crippen LogP contribution >= 0.6 is 11.6 Å². The topological polar surface area (TPSA) is 0 Å². The summed E-state index contributed by atoms with van der Waals surface area (Å²) < 4.78 is 0.901. The summed E-state index contributed by atoms with van der Waals surface area (Å²) in [5, 5.41) is 1.35. The van der Waals surface area contributed by atoms with Crippen LogP contribution in [0.3, 0.4) is 0 Å². The van der Waals surface area contributed by atoms with E-state index in [-0.39, 0.29) is 0 Å².